The fourth-order valence-electron chi connectivity index (χ4n) is 1.72. The van der Waals surface area contributed by atoms with Gasteiger partial charge in [0.1, 0.15) is 0 Å². The third-order valence-corrected chi connectivity index (χ3v) is 3.21. The molecule has 0 aliphatic rings. The molecule has 0 fully saturated rings. The molecule has 0 spiro atoms. The van der Waals surface area contributed by atoms with E-state index in [0.29, 0.717) is 12.5 Å². The van der Waals surface area contributed by atoms with Crippen molar-refractivity contribution in [1.29, 1.82) is 0 Å². The van der Waals surface area contributed by atoms with Gasteiger partial charge < -0.3 is 5.11 Å². The number of aliphatic hydroxyl groups is 1. The van der Waals surface area contributed by atoms with Gasteiger partial charge in [-0.1, -0.05) is 13.8 Å². The second-order valence-electron chi connectivity index (χ2n) is 4.07. The summed E-state index contributed by atoms with van der Waals surface area (Å²) in [5, 5.41) is 17.7. The third-order valence-electron chi connectivity index (χ3n) is 2.53. The van der Waals surface area contributed by atoms with Crippen molar-refractivity contribution in [3.63, 3.8) is 0 Å². The zero-order valence-corrected chi connectivity index (χ0v) is 10.4. The summed E-state index contributed by atoms with van der Waals surface area (Å²) in [7, 11) is 0. The van der Waals surface area contributed by atoms with E-state index >= 15 is 0 Å². The molecule has 0 bridgehead atoms. The molecule has 0 atom stereocenters. The minimum Gasteiger partial charge on any atom is -0.394 e. The van der Waals surface area contributed by atoms with Gasteiger partial charge in [-0.3, -0.25) is 4.68 Å². The first-order valence-corrected chi connectivity index (χ1v) is 6.38. The van der Waals surface area contributed by atoms with E-state index < -0.39 is 0 Å². The van der Waals surface area contributed by atoms with Crippen LogP contribution in [-0.2, 0) is 6.54 Å². The average Bonchev–Trinajstić information content (AvgIpc) is 2.83. The van der Waals surface area contributed by atoms with Crippen molar-refractivity contribution in [3.8, 4) is 11.3 Å². The Morgan fingerprint density at radius 3 is 2.88 bits per heavy atom. The molecule has 0 amide bonds. The van der Waals surface area contributed by atoms with E-state index in [1.807, 2.05) is 4.68 Å². The van der Waals surface area contributed by atoms with Crippen LogP contribution in [0.1, 0.15) is 25.5 Å². The summed E-state index contributed by atoms with van der Waals surface area (Å²) in [6, 6.07) is 4.18. The van der Waals surface area contributed by atoms with Gasteiger partial charge in [-0.05, 0) is 23.4 Å². The van der Waals surface area contributed by atoms with Gasteiger partial charge in [0.15, 0.2) is 0 Å². The summed E-state index contributed by atoms with van der Waals surface area (Å²) in [4.78, 5) is 0. The van der Waals surface area contributed by atoms with E-state index in [1.165, 1.54) is 5.69 Å². The van der Waals surface area contributed by atoms with Gasteiger partial charge in [0.05, 0.1) is 18.8 Å². The first-order chi connectivity index (χ1) is 7.72. The molecule has 2 aromatic rings. The number of rotatable bonds is 4. The van der Waals surface area contributed by atoms with Crippen molar-refractivity contribution >= 4 is 11.3 Å². The highest BCUT2D eigenvalue weighted by Gasteiger charge is 2.12. The van der Waals surface area contributed by atoms with Gasteiger partial charge in [-0.25, -0.2) is 0 Å². The van der Waals surface area contributed by atoms with Gasteiger partial charge in [-0.2, -0.15) is 16.4 Å². The van der Waals surface area contributed by atoms with Gasteiger partial charge in [0, 0.05) is 16.6 Å². The summed E-state index contributed by atoms with van der Waals surface area (Å²) in [6.45, 7) is 4.98. The Bertz CT molecular complexity index is 446. The van der Waals surface area contributed by atoms with Crippen molar-refractivity contribution in [3.05, 3.63) is 28.6 Å². The number of hydrogen-bond donors (Lipinski definition) is 1. The van der Waals surface area contributed by atoms with E-state index in [-0.39, 0.29) is 6.61 Å². The van der Waals surface area contributed by atoms with Crippen LogP contribution < -0.4 is 0 Å². The molecule has 4 heteroatoms. The highest BCUT2D eigenvalue weighted by atomic mass is 32.1. The lowest BCUT2D eigenvalue weighted by molar-refractivity contribution is 0.267. The molecule has 2 rings (SSSR count). The molecule has 0 saturated carbocycles. The lowest BCUT2D eigenvalue weighted by Gasteiger charge is -2.07. The van der Waals surface area contributed by atoms with Crippen LogP contribution in [0.4, 0.5) is 0 Å². The first-order valence-electron chi connectivity index (χ1n) is 5.43. The van der Waals surface area contributed by atoms with E-state index in [1.54, 1.807) is 11.3 Å². The number of hydrogen-bond acceptors (Lipinski definition) is 3. The first kappa shape index (κ1) is 11.4. The Kier molecular flexibility index (Phi) is 3.41. The molecule has 0 aliphatic heterocycles. The molecule has 0 saturated heterocycles. The molecule has 0 aliphatic carbocycles. The quantitative estimate of drug-likeness (QED) is 0.886. The molecule has 2 aromatic heterocycles. The number of aliphatic hydroxyl groups excluding tert-OH is 1. The molecule has 0 aromatic carbocycles. The van der Waals surface area contributed by atoms with Crippen LogP contribution in [0.3, 0.4) is 0 Å². The van der Waals surface area contributed by atoms with Gasteiger partial charge in [0.25, 0.3) is 0 Å². The smallest absolute Gasteiger partial charge is 0.0934 e. The fourth-order valence-corrected chi connectivity index (χ4v) is 2.37. The minimum atomic E-state index is 0.129. The highest BCUT2D eigenvalue weighted by Crippen LogP contribution is 2.25. The summed E-state index contributed by atoms with van der Waals surface area (Å²) in [6.07, 6.45) is 0. The predicted octanol–water partition coefficient (Wildman–Crippen LogP) is 2.73. The molecule has 16 heavy (non-hydrogen) atoms. The predicted molar refractivity (Wildman–Crippen MR) is 66.7 cm³/mol. The van der Waals surface area contributed by atoms with Gasteiger partial charge in [-0.15, -0.1) is 0 Å². The number of aromatic nitrogens is 2. The Morgan fingerprint density at radius 2 is 2.31 bits per heavy atom. The van der Waals surface area contributed by atoms with Gasteiger partial charge in [0.2, 0.25) is 0 Å². The van der Waals surface area contributed by atoms with Crippen LogP contribution in [0.5, 0.6) is 0 Å². The largest absolute Gasteiger partial charge is 0.394 e. The van der Waals surface area contributed by atoms with Gasteiger partial charge >= 0.3 is 0 Å². The van der Waals surface area contributed by atoms with Crippen LogP contribution in [0.15, 0.2) is 22.9 Å². The summed E-state index contributed by atoms with van der Waals surface area (Å²) in [5.74, 6) is 0.423. The third kappa shape index (κ3) is 2.18. The Labute approximate surface area is 99.4 Å². The van der Waals surface area contributed by atoms with Crippen LogP contribution in [-0.4, -0.2) is 21.5 Å². The van der Waals surface area contributed by atoms with E-state index in [4.69, 9.17) is 5.11 Å². The molecular weight excluding hydrogens is 220 g/mol. The van der Waals surface area contributed by atoms with E-state index in [9.17, 15) is 0 Å². The summed E-state index contributed by atoms with van der Waals surface area (Å²) < 4.78 is 1.90. The molecule has 86 valence electrons. The second kappa shape index (κ2) is 4.80. The lowest BCUT2D eigenvalue weighted by Crippen LogP contribution is -2.08. The van der Waals surface area contributed by atoms with Crippen molar-refractivity contribution in [1.82, 2.24) is 9.78 Å². The molecule has 1 N–H and O–H groups in total. The normalized spacial score (nSPS) is 11.2. The summed E-state index contributed by atoms with van der Waals surface area (Å²) >= 11 is 1.67. The molecule has 3 nitrogen and oxygen atoms in total. The van der Waals surface area contributed by atoms with E-state index in [2.05, 4.69) is 41.8 Å². The second-order valence-corrected chi connectivity index (χ2v) is 4.85. The van der Waals surface area contributed by atoms with Crippen molar-refractivity contribution in [2.24, 2.45) is 0 Å². The van der Waals surface area contributed by atoms with Crippen LogP contribution in [0.25, 0.3) is 11.3 Å². The molecule has 0 radical (unpaired) electrons. The standard InChI is InChI=1S/C12H16N2OS/c1-9(2)12-7-11(10-3-6-16-8-10)13-14(12)4-5-15/h3,6-9,15H,4-5H2,1-2H3. The minimum absolute atomic E-state index is 0.129. The maximum atomic E-state index is 9.01. The lowest BCUT2D eigenvalue weighted by atomic mass is 10.1. The monoisotopic (exact) mass is 236 g/mol. The van der Waals surface area contributed by atoms with Crippen molar-refractivity contribution in [2.75, 3.05) is 6.61 Å². The fraction of sp³-hybridized carbons (Fsp3) is 0.417. The zero-order chi connectivity index (χ0) is 11.5. The van der Waals surface area contributed by atoms with Crippen LogP contribution in [0, 0.1) is 0 Å². The van der Waals surface area contributed by atoms with Crippen molar-refractivity contribution < 1.29 is 5.11 Å². The number of thiophene rings is 1. The van der Waals surface area contributed by atoms with Crippen LogP contribution >= 0.6 is 11.3 Å². The van der Waals surface area contributed by atoms with Crippen LogP contribution in [0.2, 0.25) is 0 Å². The van der Waals surface area contributed by atoms with E-state index in [0.717, 1.165) is 11.3 Å². The molecule has 0 unspecified atom stereocenters. The topological polar surface area (TPSA) is 38.0 Å². The average molecular weight is 236 g/mol. The SMILES string of the molecule is CC(C)c1cc(-c2ccsc2)nn1CCO. The maximum absolute atomic E-state index is 9.01. The maximum Gasteiger partial charge on any atom is 0.0934 e. The number of nitrogens with zero attached hydrogens (tertiary/aromatic N) is 2. The summed E-state index contributed by atoms with van der Waals surface area (Å²) in [5.41, 5.74) is 3.33. The Morgan fingerprint density at radius 1 is 1.50 bits per heavy atom. The Hall–Kier alpha value is -1.13. The molecular formula is C12H16N2OS. The Balaban J connectivity index is 2.38. The zero-order valence-electron chi connectivity index (χ0n) is 9.55. The highest BCUT2D eigenvalue weighted by molar-refractivity contribution is 7.08. The molecule has 2 heterocycles. The van der Waals surface area contributed by atoms with Crippen molar-refractivity contribution in [2.45, 2.75) is 26.3 Å².